The highest BCUT2D eigenvalue weighted by Crippen LogP contribution is 1.88. The average Bonchev–Trinajstić information content (AvgIpc) is 2.33. The molecule has 3 N–H and O–H groups in total. The Morgan fingerprint density at radius 2 is 2.08 bits per heavy atom. The monoisotopic (exact) mass is 194 g/mol. The van der Waals surface area contributed by atoms with Crippen LogP contribution in [0.4, 0.5) is 0 Å². The molecule has 1 heterocycles. The van der Waals surface area contributed by atoms with Gasteiger partial charge in [0.15, 0.2) is 0 Å². The molecule has 1 rings (SSSR count). The Bertz CT molecular complexity index is 283. The number of hydrogen-bond donors (Lipinski definition) is 3. The molecule has 70 valence electrons. The second-order valence-electron chi connectivity index (χ2n) is 1.88. The third-order valence-corrected chi connectivity index (χ3v) is 0.939. The van der Waals surface area contributed by atoms with Gasteiger partial charge in [-0.3, -0.25) is 14.2 Å². The van der Waals surface area contributed by atoms with Crippen LogP contribution in [0.15, 0.2) is 12.3 Å². The summed E-state index contributed by atoms with van der Waals surface area (Å²) in [5, 5.41) is 6.60. The van der Waals surface area contributed by atoms with Crippen LogP contribution in [0.3, 0.4) is 0 Å². The fourth-order valence-electron chi connectivity index (χ4n) is 0.482. The molecular weight excluding hydrogens is 184 g/mol. The molecule has 1 aromatic rings. The van der Waals surface area contributed by atoms with Crippen LogP contribution in [0.25, 0.3) is 0 Å². The molecule has 0 atom stereocenters. The van der Waals surface area contributed by atoms with Gasteiger partial charge in [-0.1, -0.05) is 6.92 Å². The Kier molecular flexibility index (Phi) is 4.49. The molecule has 6 nitrogen and oxygen atoms in total. The molecule has 12 heavy (non-hydrogen) atoms. The van der Waals surface area contributed by atoms with Crippen LogP contribution in [-0.4, -0.2) is 27.7 Å². The van der Waals surface area contributed by atoms with E-state index in [2.05, 4.69) is 17.1 Å². The van der Waals surface area contributed by atoms with Crippen molar-refractivity contribution in [1.29, 1.82) is 0 Å². The van der Waals surface area contributed by atoms with Crippen LogP contribution in [0.2, 0.25) is 0 Å². The first-order valence-electron chi connectivity index (χ1n) is 3.11. The molecule has 0 aliphatic rings. The molecule has 0 radical (unpaired) electrons. The summed E-state index contributed by atoms with van der Waals surface area (Å²) >= 11 is 0. The van der Waals surface area contributed by atoms with Gasteiger partial charge in [-0.25, -0.2) is 0 Å². The van der Waals surface area contributed by atoms with Gasteiger partial charge in [0, 0.05) is 11.9 Å². The number of H-pyrrole nitrogens is 1. The van der Waals surface area contributed by atoms with Crippen LogP contribution in [-0.2, 0) is 16.8 Å². The van der Waals surface area contributed by atoms with Crippen LogP contribution in [0.5, 0.6) is 0 Å². The topological polar surface area (TPSA) is 103 Å². The standard InChI is InChI=1S/C5H8N2.H2O4S/c1-2-5-3-4-6-7-5;1-5(2,3)4/h3-4H,2H2,1H3,(H,6,7);(H2,1,2,3,4). The van der Waals surface area contributed by atoms with Gasteiger partial charge < -0.3 is 0 Å². The second kappa shape index (κ2) is 4.86. The van der Waals surface area contributed by atoms with Crippen LogP contribution in [0, 0.1) is 0 Å². The third-order valence-electron chi connectivity index (χ3n) is 0.939. The van der Waals surface area contributed by atoms with Crippen LogP contribution in [0.1, 0.15) is 12.6 Å². The molecule has 0 unspecified atom stereocenters. The summed E-state index contributed by atoms with van der Waals surface area (Å²) in [4.78, 5) is 0. The fraction of sp³-hybridized carbons (Fsp3) is 0.400. The predicted molar refractivity (Wildman–Crippen MR) is 42.1 cm³/mol. The Labute approximate surface area is 70.2 Å². The highest BCUT2D eigenvalue weighted by Gasteiger charge is 1.84. The molecule has 0 bridgehead atoms. The minimum absolute atomic E-state index is 1.04. The van der Waals surface area contributed by atoms with Crippen molar-refractivity contribution >= 4 is 10.4 Å². The maximum atomic E-state index is 8.74. The quantitative estimate of drug-likeness (QED) is 0.558. The van der Waals surface area contributed by atoms with Crippen molar-refractivity contribution < 1.29 is 17.5 Å². The molecule has 0 saturated heterocycles. The maximum Gasteiger partial charge on any atom is 0.394 e. The molecular formula is C5H10N2O4S. The minimum atomic E-state index is -4.67. The summed E-state index contributed by atoms with van der Waals surface area (Å²) in [5.74, 6) is 0. The first kappa shape index (κ1) is 11.1. The van der Waals surface area contributed by atoms with Crippen LogP contribution < -0.4 is 0 Å². The van der Waals surface area contributed by atoms with Crippen molar-refractivity contribution in [2.45, 2.75) is 13.3 Å². The zero-order valence-corrected chi connectivity index (χ0v) is 7.24. The summed E-state index contributed by atoms with van der Waals surface area (Å²) in [6, 6.07) is 1.97. The largest absolute Gasteiger partial charge is 0.394 e. The van der Waals surface area contributed by atoms with Gasteiger partial charge in [-0.15, -0.1) is 0 Å². The van der Waals surface area contributed by atoms with Crippen LogP contribution >= 0.6 is 0 Å². The van der Waals surface area contributed by atoms with E-state index < -0.39 is 10.4 Å². The Balaban J connectivity index is 0.000000217. The average molecular weight is 194 g/mol. The Morgan fingerprint density at radius 1 is 1.58 bits per heavy atom. The number of hydrogen-bond acceptors (Lipinski definition) is 3. The van der Waals surface area contributed by atoms with Crippen molar-refractivity contribution in [1.82, 2.24) is 10.2 Å². The highest BCUT2D eigenvalue weighted by molar-refractivity contribution is 7.79. The van der Waals surface area contributed by atoms with E-state index in [0.717, 1.165) is 6.42 Å². The summed E-state index contributed by atoms with van der Waals surface area (Å²) in [7, 11) is -4.67. The number of rotatable bonds is 1. The van der Waals surface area contributed by atoms with E-state index in [1.54, 1.807) is 6.20 Å². The van der Waals surface area contributed by atoms with Gasteiger partial charge in [-0.2, -0.15) is 13.5 Å². The number of aromatic amines is 1. The molecule has 1 aromatic heterocycles. The highest BCUT2D eigenvalue weighted by atomic mass is 32.3. The van der Waals surface area contributed by atoms with Gasteiger partial charge in [-0.05, 0) is 12.5 Å². The number of aryl methyl sites for hydroxylation is 1. The van der Waals surface area contributed by atoms with E-state index in [-0.39, 0.29) is 0 Å². The van der Waals surface area contributed by atoms with Crippen molar-refractivity contribution in [3.63, 3.8) is 0 Å². The first-order chi connectivity index (χ1) is 5.43. The molecule has 0 fully saturated rings. The molecule has 0 aliphatic carbocycles. The van der Waals surface area contributed by atoms with Gasteiger partial charge in [0.25, 0.3) is 0 Å². The van der Waals surface area contributed by atoms with E-state index in [0.29, 0.717) is 0 Å². The lowest BCUT2D eigenvalue weighted by atomic mass is 10.4. The number of nitrogens with zero attached hydrogens (tertiary/aromatic N) is 1. The Hall–Kier alpha value is -0.920. The number of nitrogens with one attached hydrogen (secondary N) is 1. The van der Waals surface area contributed by atoms with Crippen molar-refractivity contribution in [3.05, 3.63) is 18.0 Å². The van der Waals surface area contributed by atoms with E-state index >= 15 is 0 Å². The van der Waals surface area contributed by atoms with Crippen molar-refractivity contribution in [2.24, 2.45) is 0 Å². The first-order valence-corrected chi connectivity index (χ1v) is 4.51. The summed E-state index contributed by atoms with van der Waals surface area (Å²) < 4.78 is 31.6. The van der Waals surface area contributed by atoms with Gasteiger partial charge in [0.2, 0.25) is 0 Å². The van der Waals surface area contributed by atoms with Crippen molar-refractivity contribution in [3.8, 4) is 0 Å². The molecule has 0 aromatic carbocycles. The van der Waals surface area contributed by atoms with E-state index in [9.17, 15) is 0 Å². The molecule has 0 aliphatic heterocycles. The summed E-state index contributed by atoms with van der Waals surface area (Å²) in [6.45, 7) is 2.09. The predicted octanol–water partition coefficient (Wildman–Crippen LogP) is 0.319. The fourth-order valence-corrected chi connectivity index (χ4v) is 0.482. The summed E-state index contributed by atoms with van der Waals surface area (Å²) in [5.41, 5.74) is 1.19. The smallest absolute Gasteiger partial charge is 0.283 e. The summed E-state index contributed by atoms with van der Waals surface area (Å²) in [6.07, 6.45) is 2.80. The second-order valence-corrected chi connectivity index (χ2v) is 2.78. The molecule has 0 spiro atoms. The lowest BCUT2D eigenvalue weighted by molar-refractivity contribution is 0.381. The zero-order valence-electron chi connectivity index (χ0n) is 6.43. The molecule has 0 saturated carbocycles. The normalized spacial score (nSPS) is 10.2. The maximum absolute atomic E-state index is 8.74. The lowest BCUT2D eigenvalue weighted by Crippen LogP contribution is -1.89. The minimum Gasteiger partial charge on any atom is -0.283 e. The number of aromatic nitrogens is 2. The zero-order chi connectivity index (χ0) is 9.61. The molecule has 0 amide bonds. The van der Waals surface area contributed by atoms with Gasteiger partial charge in [0.1, 0.15) is 0 Å². The Morgan fingerprint density at radius 3 is 2.25 bits per heavy atom. The van der Waals surface area contributed by atoms with Gasteiger partial charge in [0.05, 0.1) is 0 Å². The van der Waals surface area contributed by atoms with E-state index in [4.69, 9.17) is 17.5 Å². The SMILES string of the molecule is CCc1ccn[nH]1.O=S(=O)(O)O. The third kappa shape index (κ3) is 9.08. The van der Waals surface area contributed by atoms with Crippen molar-refractivity contribution in [2.75, 3.05) is 0 Å². The van der Waals surface area contributed by atoms with E-state index in [1.165, 1.54) is 5.69 Å². The lowest BCUT2D eigenvalue weighted by Gasteiger charge is -1.79. The molecule has 7 heteroatoms. The van der Waals surface area contributed by atoms with Gasteiger partial charge >= 0.3 is 10.4 Å². The van der Waals surface area contributed by atoms with E-state index in [1.807, 2.05) is 6.07 Å².